The Balaban J connectivity index is 1.63. The van der Waals surface area contributed by atoms with Crippen molar-refractivity contribution >= 4 is 34.9 Å². The van der Waals surface area contributed by atoms with Gasteiger partial charge in [0.15, 0.2) is 0 Å². The van der Waals surface area contributed by atoms with Gasteiger partial charge in [-0.3, -0.25) is 4.90 Å². The first-order valence-corrected chi connectivity index (χ1v) is 19.1. The Morgan fingerprint density at radius 3 is 2.44 bits per heavy atom. The third-order valence-corrected chi connectivity index (χ3v) is 9.86. The minimum Gasteiger partial charge on any atom is -0.350 e. The lowest BCUT2D eigenvalue weighted by Gasteiger charge is -2.41. The average molecular weight is 586 g/mol. The smallest absolute Gasteiger partial charge is 0.268 e. The summed E-state index contributed by atoms with van der Waals surface area (Å²) in [5.74, 6) is 3.88. The van der Waals surface area contributed by atoms with Crippen LogP contribution < -0.4 is 5.32 Å². The highest BCUT2D eigenvalue weighted by Gasteiger charge is 2.29. The van der Waals surface area contributed by atoms with Gasteiger partial charge in [-0.05, 0) is 58.4 Å². The molecule has 1 aliphatic heterocycles. The van der Waals surface area contributed by atoms with E-state index in [1.54, 1.807) is 36.7 Å². The first kappa shape index (κ1) is 29.1. The third-order valence-electron chi connectivity index (χ3n) is 7.30. The normalized spacial score (nSPS) is 16.8. The van der Waals surface area contributed by atoms with E-state index in [-0.39, 0.29) is 16.5 Å². The Bertz CT molecular complexity index is 1730. The highest BCUT2D eigenvalue weighted by Crippen LogP contribution is 2.34. The zero-order valence-corrected chi connectivity index (χ0v) is 26.6. The molecule has 1 saturated heterocycles. The molecule has 2 aromatic carbocycles. The van der Waals surface area contributed by atoms with E-state index in [4.69, 9.17) is 4.98 Å². The lowest BCUT2D eigenvalue weighted by Crippen LogP contribution is -2.50. The highest BCUT2D eigenvalue weighted by molar-refractivity contribution is 7.90. The van der Waals surface area contributed by atoms with Gasteiger partial charge in [-0.25, -0.2) is 22.4 Å². The number of hydrogen-bond donors (Lipinski definition) is 1. The fourth-order valence-electron chi connectivity index (χ4n) is 5.13. The van der Waals surface area contributed by atoms with Crippen LogP contribution in [-0.4, -0.2) is 60.0 Å². The number of benzene rings is 2. The van der Waals surface area contributed by atoms with Crippen LogP contribution in [0.1, 0.15) is 39.2 Å². The standard InChI is InChI=1S/C32H39N5O2SSi/c1-32(2,3)36-19-12-13-25(22-36)34-31-33-21-24(18-20-41(4,5)6)30(35-31)28-23-37(29-17-11-10-16-27(28)29)40(38,39)26-14-8-7-9-15-26/h7-11,14-17,21,23,25H,12-13,19,22H2,1-6H3,(H,33,34,35)/t25-/m0/s1. The summed E-state index contributed by atoms with van der Waals surface area (Å²) >= 11 is 0. The van der Waals surface area contributed by atoms with Crippen LogP contribution >= 0.6 is 0 Å². The molecule has 1 atom stereocenters. The van der Waals surface area contributed by atoms with Gasteiger partial charge in [0.1, 0.15) is 8.07 Å². The first-order chi connectivity index (χ1) is 19.3. The van der Waals surface area contributed by atoms with Crippen LogP contribution in [0, 0.1) is 11.5 Å². The number of nitrogens with one attached hydrogen (secondary N) is 1. The van der Waals surface area contributed by atoms with Crippen molar-refractivity contribution in [1.29, 1.82) is 0 Å². The van der Waals surface area contributed by atoms with Crippen LogP contribution in [0.3, 0.4) is 0 Å². The molecule has 0 saturated carbocycles. The predicted molar refractivity (Wildman–Crippen MR) is 170 cm³/mol. The quantitative estimate of drug-likeness (QED) is 0.221. The average Bonchev–Trinajstić information content (AvgIpc) is 3.32. The molecule has 0 spiro atoms. The van der Waals surface area contributed by atoms with E-state index in [1.807, 2.05) is 30.3 Å². The molecule has 0 unspecified atom stereocenters. The fourth-order valence-corrected chi connectivity index (χ4v) is 7.03. The van der Waals surface area contributed by atoms with Gasteiger partial charge >= 0.3 is 0 Å². The van der Waals surface area contributed by atoms with E-state index in [0.29, 0.717) is 28.3 Å². The van der Waals surface area contributed by atoms with E-state index >= 15 is 0 Å². The van der Waals surface area contributed by atoms with E-state index < -0.39 is 18.1 Å². The molecule has 4 aromatic rings. The number of nitrogens with zero attached hydrogens (tertiary/aromatic N) is 4. The molecule has 3 heterocycles. The van der Waals surface area contributed by atoms with Crippen molar-refractivity contribution in [3.05, 3.63) is 72.6 Å². The van der Waals surface area contributed by atoms with Crippen molar-refractivity contribution in [1.82, 2.24) is 18.8 Å². The number of rotatable bonds is 5. The van der Waals surface area contributed by atoms with E-state index in [0.717, 1.165) is 31.3 Å². The maximum atomic E-state index is 13.8. The van der Waals surface area contributed by atoms with Gasteiger partial charge < -0.3 is 5.32 Å². The monoisotopic (exact) mass is 585 g/mol. The van der Waals surface area contributed by atoms with Crippen LogP contribution in [0.4, 0.5) is 5.95 Å². The molecule has 41 heavy (non-hydrogen) atoms. The van der Waals surface area contributed by atoms with Crippen LogP contribution in [-0.2, 0) is 10.0 Å². The van der Waals surface area contributed by atoms with Gasteiger partial charge in [0.2, 0.25) is 5.95 Å². The van der Waals surface area contributed by atoms with Crippen molar-refractivity contribution in [2.24, 2.45) is 0 Å². The van der Waals surface area contributed by atoms with Gasteiger partial charge in [0, 0.05) is 41.5 Å². The molecule has 1 aliphatic rings. The lowest BCUT2D eigenvalue weighted by atomic mass is 9.98. The molecule has 1 N–H and O–H groups in total. The number of likely N-dealkylation sites (tertiary alicyclic amines) is 1. The zero-order valence-electron chi connectivity index (χ0n) is 24.8. The molecule has 5 rings (SSSR count). The lowest BCUT2D eigenvalue weighted by molar-refractivity contribution is 0.104. The first-order valence-electron chi connectivity index (χ1n) is 14.2. The highest BCUT2D eigenvalue weighted by atomic mass is 32.2. The van der Waals surface area contributed by atoms with Gasteiger partial charge in [-0.15, -0.1) is 5.54 Å². The summed E-state index contributed by atoms with van der Waals surface area (Å²) in [5, 5.41) is 4.37. The Kier molecular flexibility index (Phi) is 7.85. The number of para-hydroxylation sites is 1. The molecule has 1 fully saturated rings. The summed E-state index contributed by atoms with van der Waals surface area (Å²) in [4.78, 5) is 12.4. The summed E-state index contributed by atoms with van der Waals surface area (Å²) in [5.41, 5.74) is 6.17. The second-order valence-electron chi connectivity index (χ2n) is 12.7. The second kappa shape index (κ2) is 11.1. The molecule has 0 aliphatic carbocycles. The predicted octanol–water partition coefficient (Wildman–Crippen LogP) is 6.24. The zero-order chi connectivity index (χ0) is 29.4. The molecule has 214 valence electrons. The molecular formula is C32H39N5O2SSi. The molecule has 9 heteroatoms. The summed E-state index contributed by atoms with van der Waals surface area (Å²) < 4.78 is 28.9. The number of hydrogen-bond acceptors (Lipinski definition) is 6. The van der Waals surface area contributed by atoms with E-state index in [1.165, 1.54) is 3.97 Å². The molecule has 0 bridgehead atoms. The summed E-state index contributed by atoms with van der Waals surface area (Å²) in [7, 11) is -5.53. The number of piperidine rings is 1. The van der Waals surface area contributed by atoms with Crippen molar-refractivity contribution in [3.63, 3.8) is 0 Å². The van der Waals surface area contributed by atoms with Crippen LogP contribution in [0.25, 0.3) is 22.2 Å². The third kappa shape index (κ3) is 6.40. The largest absolute Gasteiger partial charge is 0.350 e. The van der Waals surface area contributed by atoms with Crippen molar-refractivity contribution in [2.45, 2.75) is 69.7 Å². The topological polar surface area (TPSA) is 80.1 Å². The maximum Gasteiger partial charge on any atom is 0.268 e. The minimum absolute atomic E-state index is 0.0920. The van der Waals surface area contributed by atoms with Crippen LogP contribution in [0.2, 0.25) is 19.6 Å². The second-order valence-corrected chi connectivity index (χ2v) is 19.3. The summed E-state index contributed by atoms with van der Waals surface area (Å²) in [6.45, 7) is 15.3. The number of aromatic nitrogens is 3. The van der Waals surface area contributed by atoms with Gasteiger partial charge in [0.05, 0.1) is 21.7 Å². The Morgan fingerprint density at radius 1 is 1.02 bits per heavy atom. The van der Waals surface area contributed by atoms with Crippen molar-refractivity contribution < 1.29 is 8.42 Å². The van der Waals surface area contributed by atoms with Gasteiger partial charge in [-0.1, -0.05) is 62.0 Å². The molecule has 0 radical (unpaired) electrons. The van der Waals surface area contributed by atoms with Gasteiger partial charge in [0.25, 0.3) is 10.0 Å². The summed E-state index contributed by atoms with van der Waals surface area (Å²) in [6.07, 6.45) is 5.60. The Labute approximate surface area is 245 Å². The van der Waals surface area contributed by atoms with Gasteiger partial charge in [-0.2, -0.15) is 0 Å². The van der Waals surface area contributed by atoms with Crippen LogP contribution in [0.15, 0.2) is 71.9 Å². The number of anilines is 1. The Hall–Kier alpha value is -3.45. The molecule has 2 aromatic heterocycles. The number of fused-ring (bicyclic) bond motifs is 1. The molecular weight excluding hydrogens is 547 g/mol. The fraction of sp³-hybridized carbons (Fsp3) is 0.375. The van der Waals surface area contributed by atoms with Crippen LogP contribution in [0.5, 0.6) is 0 Å². The van der Waals surface area contributed by atoms with Crippen molar-refractivity contribution in [2.75, 3.05) is 18.4 Å². The summed E-state index contributed by atoms with van der Waals surface area (Å²) in [6, 6.07) is 16.3. The minimum atomic E-state index is -3.83. The molecule has 0 amide bonds. The van der Waals surface area contributed by atoms with E-state index in [2.05, 4.69) is 67.1 Å². The SMILES string of the molecule is CC(C)(C)N1CCC[C@H](Nc2ncc(C#C[Si](C)(C)C)c(-c3cn(S(=O)(=O)c4ccccc4)c4ccccc34)n2)C1. The van der Waals surface area contributed by atoms with Crippen molar-refractivity contribution in [3.8, 4) is 22.7 Å². The van der Waals surface area contributed by atoms with E-state index in [9.17, 15) is 8.42 Å². The molecule has 7 nitrogen and oxygen atoms in total. The Morgan fingerprint density at radius 2 is 1.73 bits per heavy atom. The maximum absolute atomic E-state index is 13.8.